The van der Waals surface area contributed by atoms with Crippen LogP contribution in [0.25, 0.3) is 0 Å². The number of rotatable bonds is 7. The molecule has 2 aromatic rings. The van der Waals surface area contributed by atoms with Crippen LogP contribution in [0.1, 0.15) is 54.6 Å². The fourth-order valence-electron chi connectivity index (χ4n) is 3.41. The third-order valence-corrected chi connectivity index (χ3v) is 5.09. The molecule has 1 aliphatic rings. The number of halogens is 1. The lowest BCUT2D eigenvalue weighted by Gasteiger charge is -2.27. The van der Waals surface area contributed by atoms with Gasteiger partial charge in [0.2, 0.25) is 5.91 Å². The quantitative estimate of drug-likeness (QED) is 0.677. The number of benzene rings is 2. The fraction of sp³-hybridized carbons (Fsp3) is 0.375. The first kappa shape index (κ1) is 23.2. The van der Waals surface area contributed by atoms with Crippen molar-refractivity contribution in [3.05, 3.63) is 71.0 Å². The summed E-state index contributed by atoms with van der Waals surface area (Å²) in [6.45, 7) is 5.30. The number of hydrogen-bond donors (Lipinski definition) is 2. The number of nitrogens with one attached hydrogen (secondary N) is 1. The molecule has 0 radical (unpaired) electrons. The molecule has 2 N–H and O–H groups in total. The summed E-state index contributed by atoms with van der Waals surface area (Å²) in [5.41, 5.74) is 1.10. The Morgan fingerprint density at radius 1 is 1.09 bits per heavy atom. The highest BCUT2D eigenvalue weighted by molar-refractivity contribution is 5.87. The van der Waals surface area contributed by atoms with Crippen molar-refractivity contribution in [2.75, 3.05) is 6.54 Å². The van der Waals surface area contributed by atoms with E-state index in [1.165, 1.54) is 29.2 Å². The summed E-state index contributed by atoms with van der Waals surface area (Å²) in [6, 6.07) is 12.1. The molecule has 7 nitrogen and oxygen atoms in total. The topological polar surface area (TPSA) is 95.9 Å². The minimum atomic E-state index is -1.02. The highest BCUT2D eigenvalue weighted by atomic mass is 19.1. The van der Waals surface area contributed by atoms with Gasteiger partial charge < -0.3 is 15.2 Å². The summed E-state index contributed by atoms with van der Waals surface area (Å²) >= 11 is 0. The van der Waals surface area contributed by atoms with Crippen molar-refractivity contribution >= 4 is 18.0 Å². The first-order valence-electron chi connectivity index (χ1n) is 10.4. The minimum Gasteiger partial charge on any atom is -0.478 e. The highest BCUT2D eigenvalue weighted by Gasteiger charge is 2.46. The summed E-state index contributed by atoms with van der Waals surface area (Å²) in [6.07, 6.45) is 0.0857. The molecule has 1 fully saturated rings. The summed E-state index contributed by atoms with van der Waals surface area (Å²) in [7, 11) is 0. The molecule has 1 aliphatic carbocycles. The van der Waals surface area contributed by atoms with Crippen molar-refractivity contribution in [3.63, 3.8) is 0 Å². The van der Waals surface area contributed by atoms with Crippen LogP contribution in [-0.4, -0.2) is 46.2 Å². The number of carboxylic acid groups (broad SMARTS) is 1. The second-order valence-electron chi connectivity index (χ2n) is 8.85. The molecular weight excluding hydrogens is 415 g/mol. The van der Waals surface area contributed by atoms with Gasteiger partial charge in [-0.1, -0.05) is 24.3 Å². The third kappa shape index (κ3) is 6.29. The Labute approximate surface area is 186 Å². The number of carbonyl (C=O) groups is 3. The van der Waals surface area contributed by atoms with Crippen LogP contribution >= 0.6 is 0 Å². The van der Waals surface area contributed by atoms with Crippen molar-refractivity contribution in [3.8, 4) is 0 Å². The first-order chi connectivity index (χ1) is 15.0. The van der Waals surface area contributed by atoms with Crippen molar-refractivity contribution in [2.45, 2.75) is 51.3 Å². The Kier molecular flexibility index (Phi) is 6.81. The molecule has 170 valence electrons. The van der Waals surface area contributed by atoms with Crippen LogP contribution in [0.2, 0.25) is 0 Å². The average molecular weight is 442 g/mol. The maximum absolute atomic E-state index is 13.2. The van der Waals surface area contributed by atoms with Gasteiger partial charge in [0, 0.05) is 18.5 Å². The Hall–Kier alpha value is -3.42. The molecule has 0 saturated heterocycles. The van der Waals surface area contributed by atoms with Gasteiger partial charge in [0.05, 0.1) is 5.56 Å². The lowest BCUT2D eigenvalue weighted by molar-refractivity contribution is -0.122. The van der Waals surface area contributed by atoms with Gasteiger partial charge in [-0.15, -0.1) is 0 Å². The number of carboxylic acids is 1. The number of nitrogens with zero attached hydrogens (tertiary/aromatic N) is 1. The smallest absolute Gasteiger partial charge is 0.411 e. The number of amides is 2. The summed E-state index contributed by atoms with van der Waals surface area (Å²) in [5.74, 6) is -1.69. The maximum Gasteiger partial charge on any atom is 0.411 e. The monoisotopic (exact) mass is 442 g/mol. The Morgan fingerprint density at radius 3 is 2.28 bits per heavy atom. The van der Waals surface area contributed by atoms with Gasteiger partial charge in [-0.2, -0.15) is 0 Å². The lowest BCUT2D eigenvalue weighted by atomic mass is 10.1. The van der Waals surface area contributed by atoms with Crippen molar-refractivity contribution in [1.29, 1.82) is 0 Å². The van der Waals surface area contributed by atoms with E-state index in [4.69, 9.17) is 9.84 Å². The van der Waals surface area contributed by atoms with E-state index in [9.17, 15) is 18.8 Å². The number of ether oxygens (including phenoxy) is 1. The molecule has 2 amide bonds. The lowest BCUT2D eigenvalue weighted by Crippen LogP contribution is -2.44. The molecule has 0 spiro atoms. The van der Waals surface area contributed by atoms with Crippen LogP contribution in [-0.2, 0) is 16.1 Å². The van der Waals surface area contributed by atoms with Gasteiger partial charge in [0.25, 0.3) is 0 Å². The molecule has 3 rings (SSSR count). The molecule has 8 heteroatoms. The summed E-state index contributed by atoms with van der Waals surface area (Å²) < 4.78 is 18.7. The van der Waals surface area contributed by atoms with Gasteiger partial charge in [-0.05, 0) is 62.6 Å². The van der Waals surface area contributed by atoms with Crippen LogP contribution in [0.5, 0.6) is 0 Å². The van der Waals surface area contributed by atoms with Crippen LogP contribution in [0, 0.1) is 5.82 Å². The van der Waals surface area contributed by atoms with E-state index in [-0.39, 0.29) is 42.3 Å². The Bertz CT molecular complexity index is 983. The minimum absolute atomic E-state index is 0.0134. The van der Waals surface area contributed by atoms with E-state index in [0.29, 0.717) is 6.42 Å². The standard InChI is InChI=1S/C24H27FN2O5/c1-24(2,3)32-23(31)27(20-12-19(20)16-8-10-18(25)11-9-16)14-21(28)26-13-15-4-6-17(7-5-15)22(29)30/h4-11,19-20H,12-14H2,1-3H3,(H,26,28)(H,29,30). The zero-order valence-corrected chi connectivity index (χ0v) is 18.3. The van der Waals surface area contributed by atoms with Crippen LogP contribution in [0.4, 0.5) is 9.18 Å². The molecular formula is C24H27FN2O5. The molecule has 2 unspecified atom stereocenters. The molecule has 2 atom stereocenters. The van der Waals surface area contributed by atoms with E-state index >= 15 is 0 Å². The van der Waals surface area contributed by atoms with E-state index in [2.05, 4.69) is 5.32 Å². The van der Waals surface area contributed by atoms with Crippen LogP contribution in [0.3, 0.4) is 0 Å². The zero-order chi connectivity index (χ0) is 23.5. The van der Waals surface area contributed by atoms with E-state index < -0.39 is 17.7 Å². The van der Waals surface area contributed by atoms with Gasteiger partial charge in [0.15, 0.2) is 0 Å². The molecule has 2 aromatic carbocycles. The highest BCUT2D eigenvalue weighted by Crippen LogP contribution is 2.45. The molecule has 1 saturated carbocycles. The van der Waals surface area contributed by atoms with Gasteiger partial charge in [-0.3, -0.25) is 9.69 Å². The Morgan fingerprint density at radius 2 is 1.72 bits per heavy atom. The molecule has 0 aliphatic heterocycles. The number of hydrogen-bond acceptors (Lipinski definition) is 4. The molecule has 0 bridgehead atoms. The third-order valence-electron chi connectivity index (χ3n) is 5.09. The van der Waals surface area contributed by atoms with Crippen molar-refractivity contribution in [1.82, 2.24) is 10.2 Å². The van der Waals surface area contributed by atoms with E-state index in [0.717, 1.165) is 11.1 Å². The van der Waals surface area contributed by atoms with Gasteiger partial charge >= 0.3 is 12.1 Å². The van der Waals surface area contributed by atoms with Gasteiger partial charge in [0.1, 0.15) is 18.0 Å². The second-order valence-corrected chi connectivity index (χ2v) is 8.85. The molecule has 0 aromatic heterocycles. The summed E-state index contributed by atoms with van der Waals surface area (Å²) in [4.78, 5) is 37.7. The molecule has 0 heterocycles. The zero-order valence-electron chi connectivity index (χ0n) is 18.3. The average Bonchev–Trinajstić information content (AvgIpc) is 3.50. The normalized spacial score (nSPS) is 17.4. The Balaban J connectivity index is 1.64. The van der Waals surface area contributed by atoms with Crippen molar-refractivity contribution < 1.29 is 28.6 Å². The molecule has 32 heavy (non-hydrogen) atoms. The van der Waals surface area contributed by atoms with Gasteiger partial charge in [-0.25, -0.2) is 14.0 Å². The number of carbonyl (C=O) groups excluding carboxylic acids is 2. The van der Waals surface area contributed by atoms with E-state index in [1.54, 1.807) is 45.0 Å². The fourth-order valence-corrected chi connectivity index (χ4v) is 3.41. The second kappa shape index (κ2) is 9.38. The van der Waals surface area contributed by atoms with Crippen molar-refractivity contribution in [2.24, 2.45) is 0 Å². The maximum atomic E-state index is 13.2. The number of aromatic carboxylic acids is 1. The first-order valence-corrected chi connectivity index (χ1v) is 10.4. The van der Waals surface area contributed by atoms with E-state index in [1.807, 2.05) is 0 Å². The summed E-state index contributed by atoms with van der Waals surface area (Å²) in [5, 5.41) is 11.7. The SMILES string of the molecule is CC(C)(C)OC(=O)N(CC(=O)NCc1ccc(C(=O)O)cc1)C1CC1c1ccc(F)cc1. The predicted octanol–water partition coefficient (Wildman–Crippen LogP) is 3.93. The van der Waals surface area contributed by atoms with Crippen LogP contribution < -0.4 is 5.32 Å². The largest absolute Gasteiger partial charge is 0.478 e. The predicted molar refractivity (Wildman–Crippen MR) is 116 cm³/mol. The van der Waals surface area contributed by atoms with Crippen LogP contribution in [0.15, 0.2) is 48.5 Å².